The van der Waals surface area contributed by atoms with Gasteiger partial charge in [-0.15, -0.1) is 0 Å². The van der Waals surface area contributed by atoms with Crippen molar-refractivity contribution in [2.24, 2.45) is 0 Å². The summed E-state index contributed by atoms with van der Waals surface area (Å²) in [6.45, 7) is 0. The molecule has 0 bridgehead atoms. The second-order valence-corrected chi connectivity index (χ2v) is 1.89. The molecule has 2 N–H and O–H groups in total. The van der Waals surface area contributed by atoms with Crippen LogP contribution in [-0.2, 0) is 0 Å². The third-order valence-electron chi connectivity index (χ3n) is 0.739. The molecule has 0 saturated heterocycles. The number of hydrogen-bond acceptors (Lipinski definition) is 3. The van der Waals surface area contributed by atoms with Gasteiger partial charge in [-0.05, 0) is 0 Å². The molecule has 0 aromatic carbocycles. The van der Waals surface area contributed by atoms with Crippen molar-refractivity contribution in [1.82, 2.24) is 5.10 Å². The average molecular weight is 146 g/mol. The Labute approximate surface area is 56.4 Å². The highest BCUT2D eigenvalue weighted by Gasteiger charge is 1.97. The number of nitrogen functional groups attached to an aromatic ring is 1. The summed E-state index contributed by atoms with van der Waals surface area (Å²) in [7, 11) is 0. The van der Waals surface area contributed by atoms with E-state index in [9.17, 15) is 5.21 Å². The fraction of sp³-hybridized carbons (Fsp3) is 0. The van der Waals surface area contributed by atoms with Crippen LogP contribution in [0.3, 0.4) is 0 Å². The molecule has 1 rings (SSSR count). The van der Waals surface area contributed by atoms with E-state index in [0.717, 1.165) is 6.20 Å². The lowest BCUT2D eigenvalue weighted by molar-refractivity contribution is -0.668. The van der Waals surface area contributed by atoms with Crippen LogP contribution in [0.2, 0.25) is 5.15 Å². The zero-order valence-electron chi connectivity index (χ0n) is 4.41. The van der Waals surface area contributed by atoms with E-state index in [4.69, 9.17) is 17.3 Å². The van der Waals surface area contributed by atoms with Gasteiger partial charge in [0.2, 0.25) is 6.20 Å². The molecule has 1 aromatic heterocycles. The van der Waals surface area contributed by atoms with Gasteiger partial charge in [-0.25, -0.2) is 0 Å². The molecule has 0 fully saturated rings. The summed E-state index contributed by atoms with van der Waals surface area (Å²) < 4.78 is 0. The second-order valence-electron chi connectivity index (χ2n) is 1.50. The first kappa shape index (κ1) is 6.10. The highest BCUT2D eigenvalue weighted by atomic mass is 35.5. The van der Waals surface area contributed by atoms with E-state index in [-0.39, 0.29) is 5.15 Å². The molecule has 0 aliphatic heterocycles. The first-order valence-corrected chi connectivity index (χ1v) is 2.59. The third kappa shape index (κ3) is 1.43. The molecule has 48 valence electrons. The largest absolute Gasteiger partial charge is 0.594 e. The fourth-order valence-corrected chi connectivity index (χ4v) is 0.655. The number of anilines is 1. The molecule has 9 heavy (non-hydrogen) atoms. The number of rotatable bonds is 0. The molecule has 0 radical (unpaired) electrons. The molecular formula is C4H4ClN3O. The van der Waals surface area contributed by atoms with Gasteiger partial charge >= 0.3 is 0 Å². The van der Waals surface area contributed by atoms with Gasteiger partial charge < -0.3 is 10.9 Å². The quantitative estimate of drug-likeness (QED) is 0.411. The Balaban J connectivity index is 3.17. The van der Waals surface area contributed by atoms with Crippen LogP contribution in [0.4, 0.5) is 5.69 Å². The van der Waals surface area contributed by atoms with Gasteiger partial charge in [-0.3, -0.25) is 0 Å². The normalized spacial score (nSPS) is 9.44. The number of hydrogen-bond donors (Lipinski definition) is 1. The van der Waals surface area contributed by atoms with Gasteiger partial charge in [0.05, 0.1) is 0 Å². The average Bonchev–Trinajstić information content (AvgIpc) is 1.59. The van der Waals surface area contributed by atoms with E-state index in [2.05, 4.69) is 5.10 Å². The second kappa shape index (κ2) is 2.06. The van der Waals surface area contributed by atoms with Crippen LogP contribution >= 0.6 is 11.6 Å². The smallest absolute Gasteiger partial charge is 0.232 e. The van der Waals surface area contributed by atoms with Crippen LogP contribution in [0.15, 0.2) is 12.3 Å². The number of aromatic nitrogens is 2. The number of nitrogens with two attached hydrogens (primary N) is 1. The summed E-state index contributed by atoms with van der Waals surface area (Å²) in [4.78, 5) is 0.317. The fourth-order valence-electron chi connectivity index (χ4n) is 0.454. The maximum Gasteiger partial charge on any atom is 0.232 e. The molecular weight excluding hydrogens is 142 g/mol. The summed E-state index contributed by atoms with van der Waals surface area (Å²) >= 11 is 5.34. The van der Waals surface area contributed by atoms with Crippen molar-refractivity contribution in [3.8, 4) is 0 Å². The van der Waals surface area contributed by atoms with Crippen molar-refractivity contribution < 1.29 is 4.85 Å². The minimum atomic E-state index is 0.102. The van der Waals surface area contributed by atoms with Crippen molar-refractivity contribution in [1.29, 1.82) is 0 Å². The van der Waals surface area contributed by atoms with Gasteiger partial charge in [0.25, 0.3) is 0 Å². The lowest BCUT2D eigenvalue weighted by Gasteiger charge is -1.92. The summed E-state index contributed by atoms with van der Waals surface area (Å²) in [6, 6.07) is 1.40. The molecule has 0 unspecified atom stereocenters. The predicted molar refractivity (Wildman–Crippen MR) is 32.6 cm³/mol. The van der Waals surface area contributed by atoms with Crippen LogP contribution < -0.4 is 10.6 Å². The third-order valence-corrected chi connectivity index (χ3v) is 0.924. The van der Waals surface area contributed by atoms with E-state index in [0.29, 0.717) is 10.5 Å². The van der Waals surface area contributed by atoms with Crippen molar-refractivity contribution >= 4 is 17.3 Å². The Morgan fingerprint density at radius 1 is 1.78 bits per heavy atom. The SMILES string of the molecule is Nc1cc(Cl)n[n+]([O-])c1. The van der Waals surface area contributed by atoms with Crippen LogP contribution in [0, 0.1) is 5.21 Å². The standard InChI is InChI=1S/C4H4ClN3O/c5-4-1-3(6)2-8(9)7-4/h1-2H,6H2. The Bertz CT molecular complexity index is 177. The molecule has 1 heterocycles. The van der Waals surface area contributed by atoms with E-state index in [1.165, 1.54) is 6.07 Å². The molecule has 1 aromatic rings. The highest BCUT2D eigenvalue weighted by molar-refractivity contribution is 6.29. The van der Waals surface area contributed by atoms with E-state index in [1.807, 2.05) is 0 Å². The topological polar surface area (TPSA) is 65.8 Å². The minimum Gasteiger partial charge on any atom is -0.594 e. The van der Waals surface area contributed by atoms with Gasteiger partial charge in [0.15, 0.2) is 5.15 Å². The molecule has 0 saturated carbocycles. The zero-order valence-corrected chi connectivity index (χ0v) is 5.17. The summed E-state index contributed by atoms with van der Waals surface area (Å²) in [5, 5.41) is 13.7. The highest BCUT2D eigenvalue weighted by Crippen LogP contribution is 2.03. The monoisotopic (exact) mass is 145 g/mol. The van der Waals surface area contributed by atoms with Crippen LogP contribution in [0.25, 0.3) is 0 Å². The summed E-state index contributed by atoms with van der Waals surface area (Å²) in [5.74, 6) is 0. The van der Waals surface area contributed by atoms with Gasteiger partial charge in [0, 0.05) is 11.2 Å². The molecule has 0 aliphatic carbocycles. The Kier molecular flexibility index (Phi) is 1.40. The molecule has 4 nitrogen and oxygen atoms in total. The van der Waals surface area contributed by atoms with Gasteiger partial charge in [-0.1, -0.05) is 16.4 Å². The maximum absolute atomic E-state index is 10.4. The minimum absolute atomic E-state index is 0.102. The van der Waals surface area contributed by atoms with E-state index in [1.54, 1.807) is 0 Å². The van der Waals surface area contributed by atoms with Crippen molar-refractivity contribution in [2.75, 3.05) is 5.73 Å². The van der Waals surface area contributed by atoms with E-state index >= 15 is 0 Å². The van der Waals surface area contributed by atoms with Crippen LogP contribution in [0.5, 0.6) is 0 Å². The Morgan fingerprint density at radius 2 is 2.44 bits per heavy atom. The van der Waals surface area contributed by atoms with Crippen LogP contribution in [0.1, 0.15) is 0 Å². The van der Waals surface area contributed by atoms with Crippen molar-refractivity contribution in [3.05, 3.63) is 22.6 Å². The van der Waals surface area contributed by atoms with E-state index < -0.39 is 0 Å². The van der Waals surface area contributed by atoms with Crippen molar-refractivity contribution in [3.63, 3.8) is 0 Å². The van der Waals surface area contributed by atoms with Crippen LogP contribution in [-0.4, -0.2) is 5.10 Å². The summed E-state index contributed by atoms with van der Waals surface area (Å²) in [5.41, 5.74) is 5.52. The molecule has 0 spiro atoms. The van der Waals surface area contributed by atoms with Crippen molar-refractivity contribution in [2.45, 2.75) is 0 Å². The summed E-state index contributed by atoms with van der Waals surface area (Å²) in [6.07, 6.45) is 1.13. The Hall–Kier alpha value is -1.03. The Morgan fingerprint density at radius 3 is 2.89 bits per heavy atom. The lowest BCUT2D eigenvalue weighted by Crippen LogP contribution is -2.30. The molecule has 5 heteroatoms. The number of halogens is 1. The maximum atomic E-state index is 10.4. The first-order chi connectivity index (χ1) is 4.18. The number of nitrogens with zero attached hydrogens (tertiary/aromatic N) is 2. The molecule has 0 amide bonds. The first-order valence-electron chi connectivity index (χ1n) is 2.21. The van der Waals surface area contributed by atoms with Gasteiger partial charge in [0.1, 0.15) is 5.69 Å². The predicted octanol–water partition coefficient (Wildman–Crippen LogP) is -0.0494. The molecule has 0 aliphatic rings. The van der Waals surface area contributed by atoms with Gasteiger partial charge in [-0.2, -0.15) is 0 Å². The lowest BCUT2D eigenvalue weighted by atomic mass is 10.5. The molecule has 0 atom stereocenters. The zero-order chi connectivity index (χ0) is 6.85.